The van der Waals surface area contributed by atoms with Crippen molar-refractivity contribution in [2.75, 3.05) is 19.7 Å². The summed E-state index contributed by atoms with van der Waals surface area (Å²) >= 11 is 5.66. The number of aliphatic hydroxyl groups is 1. The van der Waals surface area contributed by atoms with Gasteiger partial charge >= 0.3 is 0 Å². The fraction of sp³-hybridized carbons (Fsp3) is 0.652. The van der Waals surface area contributed by atoms with Gasteiger partial charge in [-0.25, -0.2) is 4.39 Å². The first-order chi connectivity index (χ1) is 15.3. The average Bonchev–Trinajstić information content (AvgIpc) is 2.76. The van der Waals surface area contributed by atoms with E-state index in [9.17, 15) is 19.1 Å². The maximum atomic E-state index is 13.5. The van der Waals surface area contributed by atoms with Crippen molar-refractivity contribution in [3.05, 3.63) is 29.0 Å². The molecule has 2 atom stereocenters. The van der Waals surface area contributed by atoms with Gasteiger partial charge in [-0.05, 0) is 76.1 Å². The van der Waals surface area contributed by atoms with E-state index in [1.807, 2.05) is 0 Å². The van der Waals surface area contributed by atoms with Crippen LogP contribution in [0.25, 0.3) is 0 Å². The van der Waals surface area contributed by atoms with E-state index in [1.54, 1.807) is 0 Å². The standard InChI is InChI=1S/C23H31ClFN3O4/c24-17-4-3-16(11-18(17)25)32-14-21(31)27-22-5-7-23(8-6-22,19(29)12-22)28-20(30)10-15-2-1-9-26-13-15/h3-4,11,15,19,26,29H,1-2,5-10,12-14H2,(H,27,31)(H,28,30). The fourth-order valence-corrected chi connectivity index (χ4v) is 5.52. The Balaban J connectivity index is 1.28. The van der Waals surface area contributed by atoms with Gasteiger partial charge in [-0.15, -0.1) is 0 Å². The molecule has 5 rings (SSSR count). The van der Waals surface area contributed by atoms with E-state index < -0.39 is 23.0 Å². The van der Waals surface area contributed by atoms with Crippen molar-refractivity contribution in [2.24, 2.45) is 5.92 Å². The van der Waals surface area contributed by atoms with Crippen LogP contribution in [-0.4, -0.2) is 53.8 Å². The van der Waals surface area contributed by atoms with Crippen LogP contribution in [0.2, 0.25) is 5.02 Å². The van der Waals surface area contributed by atoms with Crippen LogP contribution < -0.4 is 20.7 Å². The molecule has 1 aromatic rings. The summed E-state index contributed by atoms with van der Waals surface area (Å²) in [6, 6.07) is 4.02. The van der Waals surface area contributed by atoms with Gasteiger partial charge in [0.1, 0.15) is 11.6 Å². The Bertz CT molecular complexity index is 854. The zero-order valence-corrected chi connectivity index (χ0v) is 18.8. The van der Waals surface area contributed by atoms with Crippen LogP contribution in [0.15, 0.2) is 18.2 Å². The van der Waals surface area contributed by atoms with Crippen LogP contribution in [-0.2, 0) is 9.59 Å². The van der Waals surface area contributed by atoms with Gasteiger partial charge in [0.05, 0.1) is 16.7 Å². The molecular weight excluding hydrogens is 437 g/mol. The minimum atomic E-state index is -0.718. The molecule has 4 fully saturated rings. The summed E-state index contributed by atoms with van der Waals surface area (Å²) < 4.78 is 18.9. The monoisotopic (exact) mass is 467 g/mol. The molecule has 9 heteroatoms. The topological polar surface area (TPSA) is 99.7 Å². The van der Waals surface area contributed by atoms with Gasteiger partial charge in [0.2, 0.25) is 5.91 Å². The lowest BCUT2D eigenvalue weighted by Gasteiger charge is -2.56. The molecular formula is C23H31ClFN3O4. The predicted octanol–water partition coefficient (Wildman–Crippen LogP) is 2.30. The molecule has 32 heavy (non-hydrogen) atoms. The first-order valence-electron chi connectivity index (χ1n) is 11.4. The lowest BCUT2D eigenvalue weighted by molar-refractivity contribution is -0.136. The quantitative estimate of drug-likeness (QED) is 0.493. The Morgan fingerprint density at radius 1 is 1.22 bits per heavy atom. The summed E-state index contributed by atoms with van der Waals surface area (Å²) in [7, 11) is 0. The number of fused-ring (bicyclic) bond motifs is 3. The van der Waals surface area contributed by atoms with Crippen LogP contribution in [0.1, 0.15) is 51.4 Å². The minimum Gasteiger partial charge on any atom is -0.484 e. The molecule has 2 unspecified atom stereocenters. The van der Waals surface area contributed by atoms with Crippen LogP contribution in [0.5, 0.6) is 5.75 Å². The highest BCUT2D eigenvalue weighted by Gasteiger charge is 2.55. The van der Waals surface area contributed by atoms with E-state index in [0.29, 0.717) is 44.4 Å². The number of piperidine rings is 1. The number of amides is 2. The number of carbonyl (C=O) groups is 2. The van der Waals surface area contributed by atoms with Gasteiger partial charge in [-0.3, -0.25) is 9.59 Å². The summed E-state index contributed by atoms with van der Waals surface area (Å²) in [6.07, 6.45) is 4.88. The third-order valence-corrected chi connectivity index (χ3v) is 7.55. The van der Waals surface area contributed by atoms with Crippen molar-refractivity contribution < 1.29 is 23.8 Å². The lowest BCUT2D eigenvalue weighted by atomic mass is 9.59. The molecule has 2 amide bonds. The molecule has 176 valence electrons. The number of aliphatic hydroxyl groups excluding tert-OH is 1. The van der Waals surface area contributed by atoms with Gasteiger partial charge in [0.15, 0.2) is 6.61 Å². The number of benzene rings is 1. The largest absolute Gasteiger partial charge is 0.484 e. The van der Waals surface area contributed by atoms with Crippen molar-refractivity contribution >= 4 is 23.4 Å². The zero-order chi connectivity index (χ0) is 22.8. The van der Waals surface area contributed by atoms with Gasteiger partial charge in [-0.2, -0.15) is 0 Å². The van der Waals surface area contributed by atoms with E-state index in [4.69, 9.17) is 16.3 Å². The zero-order valence-electron chi connectivity index (χ0n) is 18.1. The number of hydrogen-bond donors (Lipinski definition) is 4. The molecule has 3 aliphatic carbocycles. The molecule has 4 aliphatic rings. The van der Waals surface area contributed by atoms with Crippen LogP contribution in [0.4, 0.5) is 4.39 Å². The lowest BCUT2D eigenvalue weighted by Crippen LogP contribution is -2.70. The first kappa shape index (κ1) is 23.3. The van der Waals surface area contributed by atoms with Gasteiger partial charge in [0, 0.05) is 18.0 Å². The van der Waals surface area contributed by atoms with E-state index in [0.717, 1.165) is 32.0 Å². The summed E-state index contributed by atoms with van der Waals surface area (Å²) in [5.41, 5.74) is -1.12. The third kappa shape index (κ3) is 5.18. The molecule has 1 heterocycles. The van der Waals surface area contributed by atoms with Gasteiger partial charge < -0.3 is 25.8 Å². The predicted molar refractivity (Wildman–Crippen MR) is 118 cm³/mol. The molecule has 2 bridgehead atoms. The highest BCUT2D eigenvalue weighted by atomic mass is 35.5. The Morgan fingerprint density at radius 3 is 2.66 bits per heavy atom. The smallest absolute Gasteiger partial charge is 0.258 e. The van der Waals surface area contributed by atoms with Gasteiger partial charge in [0.25, 0.3) is 5.91 Å². The van der Waals surface area contributed by atoms with Crippen LogP contribution >= 0.6 is 11.6 Å². The number of rotatable bonds is 7. The Labute approximate surface area is 192 Å². The second-order valence-corrected chi connectivity index (χ2v) is 9.94. The summed E-state index contributed by atoms with van der Waals surface area (Å²) in [6.45, 7) is 1.62. The van der Waals surface area contributed by atoms with Crippen LogP contribution in [0.3, 0.4) is 0 Å². The van der Waals surface area contributed by atoms with Crippen molar-refractivity contribution in [1.82, 2.24) is 16.0 Å². The summed E-state index contributed by atoms with van der Waals surface area (Å²) in [5, 5.41) is 20.4. The molecule has 1 saturated heterocycles. The van der Waals surface area contributed by atoms with E-state index >= 15 is 0 Å². The highest BCUT2D eigenvalue weighted by molar-refractivity contribution is 6.30. The SMILES string of the molecule is O=C(COc1ccc(Cl)c(F)c1)NC12CCC(NC(=O)CC3CCCNC3)(CC1)C(O)C2. The number of halogens is 2. The molecule has 0 spiro atoms. The van der Waals surface area contributed by atoms with E-state index in [-0.39, 0.29) is 29.2 Å². The second-order valence-electron chi connectivity index (χ2n) is 9.53. The fourth-order valence-electron chi connectivity index (χ4n) is 5.40. The van der Waals surface area contributed by atoms with Gasteiger partial charge in [-0.1, -0.05) is 11.6 Å². The van der Waals surface area contributed by atoms with Crippen LogP contribution in [0, 0.1) is 11.7 Å². The molecule has 0 radical (unpaired) electrons. The Morgan fingerprint density at radius 2 is 2.00 bits per heavy atom. The van der Waals surface area contributed by atoms with Crippen molar-refractivity contribution in [3.63, 3.8) is 0 Å². The average molecular weight is 468 g/mol. The highest BCUT2D eigenvalue weighted by Crippen LogP contribution is 2.47. The maximum absolute atomic E-state index is 13.5. The van der Waals surface area contributed by atoms with Crippen molar-refractivity contribution in [3.8, 4) is 5.75 Å². The maximum Gasteiger partial charge on any atom is 0.258 e. The number of nitrogens with one attached hydrogen (secondary N) is 3. The Hall–Kier alpha value is -1.90. The molecule has 3 saturated carbocycles. The molecule has 4 N–H and O–H groups in total. The molecule has 0 aromatic heterocycles. The first-order valence-corrected chi connectivity index (χ1v) is 11.8. The van der Waals surface area contributed by atoms with E-state index in [1.165, 1.54) is 12.1 Å². The van der Waals surface area contributed by atoms with E-state index in [2.05, 4.69) is 16.0 Å². The molecule has 7 nitrogen and oxygen atoms in total. The number of hydrogen-bond acceptors (Lipinski definition) is 5. The van der Waals surface area contributed by atoms with Crippen molar-refractivity contribution in [1.29, 1.82) is 0 Å². The second kappa shape index (κ2) is 9.53. The summed E-state index contributed by atoms with van der Waals surface area (Å²) in [4.78, 5) is 25.1. The Kier molecular flexibility index (Phi) is 6.93. The summed E-state index contributed by atoms with van der Waals surface area (Å²) in [5.74, 6) is -0.363. The normalized spacial score (nSPS) is 31.7. The molecule has 1 aromatic carbocycles. The minimum absolute atomic E-state index is 0.000202. The third-order valence-electron chi connectivity index (χ3n) is 7.25. The number of carbonyl (C=O) groups excluding carboxylic acids is 2. The number of ether oxygens (including phenoxy) is 1. The molecule has 1 aliphatic heterocycles. The van der Waals surface area contributed by atoms with Crippen molar-refractivity contribution in [2.45, 2.75) is 68.5 Å².